The second-order valence-corrected chi connectivity index (χ2v) is 8.52. The number of fused-ring (bicyclic) bond motifs is 1. The minimum absolute atomic E-state index is 0.0701. The third-order valence-corrected chi connectivity index (χ3v) is 6.29. The second kappa shape index (κ2) is 8.61. The Hall–Kier alpha value is -2.28. The van der Waals surface area contributed by atoms with Crippen molar-refractivity contribution in [3.63, 3.8) is 0 Å². The van der Waals surface area contributed by atoms with Crippen LogP contribution < -0.4 is 15.0 Å². The maximum absolute atomic E-state index is 12.4. The summed E-state index contributed by atoms with van der Waals surface area (Å²) in [7, 11) is 1.64. The molecule has 0 radical (unpaired) electrons. The fourth-order valence-corrected chi connectivity index (χ4v) is 4.61. The van der Waals surface area contributed by atoms with Crippen LogP contribution in [-0.4, -0.2) is 48.3 Å². The van der Waals surface area contributed by atoms with Gasteiger partial charge in [-0.25, -0.2) is 0 Å². The van der Waals surface area contributed by atoms with E-state index in [1.165, 1.54) is 0 Å². The standard InChI is InChI=1S/C22H31N3O4/c1-28-17-6-7-19-18(14-17)24-21(29-19)25-12-4-5-16(15-25)13-20(26)23-11-10-22(27)8-2-3-9-22/h6-7,14,16,27H,2-5,8-13,15H2,1H3,(H,23,26). The van der Waals surface area contributed by atoms with Gasteiger partial charge in [-0.15, -0.1) is 0 Å². The number of aliphatic hydroxyl groups is 1. The molecule has 1 aromatic heterocycles. The van der Waals surface area contributed by atoms with Crippen LogP contribution in [0.2, 0.25) is 0 Å². The van der Waals surface area contributed by atoms with Crippen LogP contribution in [0.5, 0.6) is 5.75 Å². The highest BCUT2D eigenvalue weighted by Crippen LogP contribution is 2.32. The van der Waals surface area contributed by atoms with Gasteiger partial charge in [-0.05, 0) is 50.2 Å². The van der Waals surface area contributed by atoms with E-state index in [1.54, 1.807) is 7.11 Å². The van der Waals surface area contributed by atoms with Crippen LogP contribution in [0.3, 0.4) is 0 Å². The zero-order valence-corrected chi connectivity index (χ0v) is 17.2. The minimum atomic E-state index is -0.565. The van der Waals surface area contributed by atoms with E-state index in [0.29, 0.717) is 25.4 Å². The van der Waals surface area contributed by atoms with Gasteiger partial charge in [0, 0.05) is 32.1 Å². The van der Waals surface area contributed by atoms with E-state index in [4.69, 9.17) is 9.15 Å². The lowest BCUT2D eigenvalue weighted by Gasteiger charge is -2.31. The fourth-order valence-electron chi connectivity index (χ4n) is 4.61. The highest BCUT2D eigenvalue weighted by molar-refractivity contribution is 5.77. The first-order chi connectivity index (χ1) is 14.0. The molecule has 1 saturated heterocycles. The minimum Gasteiger partial charge on any atom is -0.497 e. The topological polar surface area (TPSA) is 87.8 Å². The van der Waals surface area contributed by atoms with E-state index >= 15 is 0 Å². The molecule has 2 fully saturated rings. The van der Waals surface area contributed by atoms with Crippen molar-refractivity contribution in [2.24, 2.45) is 5.92 Å². The number of piperidine rings is 1. The summed E-state index contributed by atoms with van der Waals surface area (Å²) in [6.45, 7) is 2.20. The summed E-state index contributed by atoms with van der Waals surface area (Å²) < 4.78 is 11.2. The zero-order chi connectivity index (χ0) is 20.3. The van der Waals surface area contributed by atoms with Crippen LogP contribution in [0.1, 0.15) is 51.4 Å². The summed E-state index contributed by atoms with van der Waals surface area (Å²) in [6.07, 6.45) is 7.09. The Morgan fingerprint density at radius 2 is 2.21 bits per heavy atom. The number of carbonyl (C=O) groups is 1. The van der Waals surface area contributed by atoms with Gasteiger partial charge in [-0.1, -0.05) is 12.8 Å². The first-order valence-electron chi connectivity index (χ1n) is 10.7. The summed E-state index contributed by atoms with van der Waals surface area (Å²) in [5, 5.41) is 13.4. The van der Waals surface area contributed by atoms with Crippen LogP contribution in [0, 0.1) is 5.92 Å². The Morgan fingerprint density at radius 1 is 1.38 bits per heavy atom. The molecular formula is C22H31N3O4. The molecule has 2 aliphatic rings. The molecule has 1 aromatic carbocycles. The van der Waals surface area contributed by atoms with Crippen molar-refractivity contribution in [1.29, 1.82) is 0 Å². The summed E-state index contributed by atoms with van der Waals surface area (Å²) in [6, 6.07) is 6.22. The number of amides is 1. The number of hydrogen-bond donors (Lipinski definition) is 2. The smallest absolute Gasteiger partial charge is 0.298 e. The average molecular weight is 402 g/mol. The molecule has 0 bridgehead atoms. The number of hydrogen-bond acceptors (Lipinski definition) is 6. The lowest BCUT2D eigenvalue weighted by molar-refractivity contribution is -0.122. The molecule has 1 unspecified atom stereocenters. The zero-order valence-electron chi connectivity index (χ0n) is 17.2. The Bertz CT molecular complexity index is 844. The maximum atomic E-state index is 12.4. The average Bonchev–Trinajstić information content (AvgIpc) is 3.34. The molecule has 29 heavy (non-hydrogen) atoms. The lowest BCUT2D eigenvalue weighted by Crippen LogP contribution is -2.39. The van der Waals surface area contributed by atoms with Crippen molar-refractivity contribution in [2.75, 3.05) is 31.6 Å². The Kier molecular flexibility index (Phi) is 5.94. The van der Waals surface area contributed by atoms with Crippen molar-refractivity contribution in [1.82, 2.24) is 10.3 Å². The predicted molar refractivity (Wildman–Crippen MR) is 111 cm³/mol. The number of ether oxygens (including phenoxy) is 1. The molecule has 1 aliphatic heterocycles. The van der Waals surface area contributed by atoms with Crippen LogP contribution in [0.4, 0.5) is 6.01 Å². The number of rotatable bonds is 7. The Labute approximate surface area is 171 Å². The van der Waals surface area contributed by atoms with Crippen molar-refractivity contribution in [3.8, 4) is 5.75 Å². The van der Waals surface area contributed by atoms with Gasteiger partial charge in [0.25, 0.3) is 6.01 Å². The number of carbonyl (C=O) groups excluding carboxylic acids is 1. The maximum Gasteiger partial charge on any atom is 0.298 e. The first kappa shape index (κ1) is 20.0. The number of methoxy groups -OCH3 is 1. The summed E-state index contributed by atoms with van der Waals surface area (Å²) >= 11 is 0. The molecule has 7 heteroatoms. The van der Waals surface area contributed by atoms with Gasteiger partial charge in [0.2, 0.25) is 5.91 Å². The van der Waals surface area contributed by atoms with Crippen molar-refractivity contribution in [2.45, 2.75) is 57.0 Å². The van der Waals surface area contributed by atoms with Gasteiger partial charge in [0.15, 0.2) is 5.58 Å². The van der Waals surface area contributed by atoms with Crippen LogP contribution in [-0.2, 0) is 4.79 Å². The highest BCUT2D eigenvalue weighted by atomic mass is 16.5. The van der Waals surface area contributed by atoms with E-state index in [1.807, 2.05) is 18.2 Å². The van der Waals surface area contributed by atoms with E-state index in [0.717, 1.165) is 68.5 Å². The Balaban J connectivity index is 1.29. The first-order valence-corrected chi connectivity index (χ1v) is 10.7. The summed E-state index contributed by atoms with van der Waals surface area (Å²) in [4.78, 5) is 19.1. The van der Waals surface area contributed by atoms with Crippen molar-refractivity contribution in [3.05, 3.63) is 18.2 Å². The number of anilines is 1. The van der Waals surface area contributed by atoms with Gasteiger partial charge in [-0.2, -0.15) is 4.98 Å². The number of benzene rings is 1. The van der Waals surface area contributed by atoms with Gasteiger partial charge in [0.1, 0.15) is 11.3 Å². The van der Waals surface area contributed by atoms with Crippen LogP contribution >= 0.6 is 0 Å². The van der Waals surface area contributed by atoms with E-state index in [-0.39, 0.29) is 11.8 Å². The monoisotopic (exact) mass is 401 g/mol. The number of aromatic nitrogens is 1. The van der Waals surface area contributed by atoms with Gasteiger partial charge < -0.3 is 24.5 Å². The quantitative estimate of drug-likeness (QED) is 0.740. The number of nitrogens with zero attached hydrogens (tertiary/aromatic N) is 2. The Morgan fingerprint density at radius 3 is 3.00 bits per heavy atom. The molecule has 1 amide bonds. The van der Waals surface area contributed by atoms with Gasteiger partial charge in [-0.3, -0.25) is 4.79 Å². The molecule has 2 N–H and O–H groups in total. The molecule has 4 rings (SSSR count). The summed E-state index contributed by atoms with van der Waals surface area (Å²) in [5.74, 6) is 1.11. The van der Waals surface area contributed by atoms with E-state index in [9.17, 15) is 9.90 Å². The molecule has 158 valence electrons. The van der Waals surface area contributed by atoms with Crippen molar-refractivity contribution >= 4 is 23.0 Å². The molecule has 0 spiro atoms. The molecule has 2 aromatic rings. The fraction of sp³-hybridized carbons (Fsp3) is 0.636. The third kappa shape index (κ3) is 4.83. The highest BCUT2D eigenvalue weighted by Gasteiger charge is 2.31. The molecule has 1 atom stereocenters. The molecule has 1 saturated carbocycles. The molecular weight excluding hydrogens is 370 g/mol. The van der Waals surface area contributed by atoms with Gasteiger partial charge in [0.05, 0.1) is 12.7 Å². The number of oxazole rings is 1. The predicted octanol–water partition coefficient (Wildman–Crippen LogP) is 3.25. The lowest BCUT2D eigenvalue weighted by atomic mass is 9.94. The van der Waals surface area contributed by atoms with Crippen LogP contribution in [0.25, 0.3) is 11.1 Å². The second-order valence-electron chi connectivity index (χ2n) is 8.52. The van der Waals surface area contributed by atoms with E-state index in [2.05, 4.69) is 15.2 Å². The molecule has 2 heterocycles. The van der Waals surface area contributed by atoms with Crippen LogP contribution in [0.15, 0.2) is 22.6 Å². The number of nitrogens with one attached hydrogen (secondary N) is 1. The van der Waals surface area contributed by atoms with Crippen molar-refractivity contribution < 1.29 is 19.1 Å². The third-order valence-electron chi connectivity index (χ3n) is 6.29. The molecule has 1 aliphatic carbocycles. The normalized spacial score (nSPS) is 21.4. The van der Waals surface area contributed by atoms with Gasteiger partial charge >= 0.3 is 0 Å². The largest absolute Gasteiger partial charge is 0.497 e. The van der Waals surface area contributed by atoms with E-state index < -0.39 is 5.60 Å². The summed E-state index contributed by atoms with van der Waals surface area (Å²) in [5.41, 5.74) is 0.958. The SMILES string of the molecule is COc1ccc2oc(N3CCCC(CC(=O)NCCC4(O)CCCC4)C3)nc2c1. The molecule has 7 nitrogen and oxygen atoms in total.